The van der Waals surface area contributed by atoms with E-state index in [1.54, 1.807) is 27.7 Å². The van der Waals surface area contributed by atoms with E-state index >= 15 is 0 Å². The van der Waals surface area contributed by atoms with Crippen molar-refractivity contribution in [3.05, 3.63) is 23.1 Å². The van der Waals surface area contributed by atoms with Gasteiger partial charge in [0.1, 0.15) is 22.8 Å². The number of aryl methyl sites for hydroxylation is 1. The lowest BCUT2D eigenvalue weighted by Crippen LogP contribution is -2.30. The molecule has 0 atom stereocenters. The highest BCUT2D eigenvalue weighted by molar-refractivity contribution is 6.03. The Balaban J connectivity index is 2.37. The maximum Gasteiger partial charge on any atom is 0.254 e. The predicted molar refractivity (Wildman–Crippen MR) is 77.0 cm³/mol. The number of carbonyl (C=O) groups excluding carboxylic acids is 2. The van der Waals surface area contributed by atoms with Crippen LogP contribution in [0.15, 0.2) is 10.8 Å². The van der Waals surface area contributed by atoms with Gasteiger partial charge in [-0.15, -0.1) is 0 Å². The lowest BCUT2D eigenvalue weighted by Gasteiger charge is -2.18. The maximum atomic E-state index is 12.2. The zero-order valence-electron chi connectivity index (χ0n) is 12.9. The topological polar surface area (TPSA) is 129 Å². The molecule has 3 N–H and O–H groups in total. The third-order valence-corrected chi connectivity index (χ3v) is 3.06. The van der Waals surface area contributed by atoms with E-state index in [1.165, 1.54) is 10.9 Å². The summed E-state index contributed by atoms with van der Waals surface area (Å²) in [6, 6.07) is 0. The van der Waals surface area contributed by atoms with E-state index in [0.29, 0.717) is 11.4 Å². The monoisotopic (exact) mass is 306 g/mol. The van der Waals surface area contributed by atoms with Crippen LogP contribution in [0.5, 0.6) is 0 Å². The van der Waals surface area contributed by atoms with Gasteiger partial charge < -0.3 is 11.1 Å². The zero-order valence-corrected chi connectivity index (χ0v) is 12.9. The largest absolute Gasteiger partial charge is 0.365 e. The highest BCUT2D eigenvalue weighted by Gasteiger charge is 2.25. The molecule has 0 fully saturated rings. The van der Waals surface area contributed by atoms with Crippen LogP contribution in [0.3, 0.4) is 0 Å². The summed E-state index contributed by atoms with van der Waals surface area (Å²) < 4.78 is 6.05. The van der Waals surface area contributed by atoms with Crippen LogP contribution >= 0.6 is 0 Å². The van der Waals surface area contributed by atoms with Crippen LogP contribution in [0.25, 0.3) is 0 Å². The van der Waals surface area contributed by atoms with Gasteiger partial charge >= 0.3 is 0 Å². The molecule has 0 aliphatic heterocycles. The molecule has 0 radical (unpaired) electrons. The number of carbonyl (C=O) groups is 2. The van der Waals surface area contributed by atoms with Crippen molar-refractivity contribution >= 4 is 17.6 Å². The Labute approximate surface area is 126 Å². The Hall–Kier alpha value is -2.71. The number of amides is 2. The molecule has 9 heteroatoms. The summed E-state index contributed by atoms with van der Waals surface area (Å²) >= 11 is 0. The summed E-state index contributed by atoms with van der Waals surface area (Å²) in [5.41, 5.74) is 5.98. The number of nitrogens with one attached hydrogen (secondary N) is 1. The molecule has 2 heterocycles. The minimum atomic E-state index is -0.676. The summed E-state index contributed by atoms with van der Waals surface area (Å²) in [6.07, 6.45) is 1.31. The van der Waals surface area contributed by atoms with Gasteiger partial charge in [0, 0.05) is 5.41 Å². The summed E-state index contributed by atoms with van der Waals surface area (Å²) in [6.45, 7) is 7.22. The third-order valence-electron chi connectivity index (χ3n) is 3.06. The lowest BCUT2D eigenvalue weighted by atomic mass is 9.96. The first-order chi connectivity index (χ1) is 10.2. The Kier molecular flexibility index (Phi) is 3.98. The van der Waals surface area contributed by atoms with Crippen molar-refractivity contribution in [3.63, 3.8) is 0 Å². The number of anilines is 1. The number of aromatic nitrogens is 4. The van der Waals surface area contributed by atoms with Crippen LogP contribution in [0, 0.1) is 12.3 Å². The molecule has 22 heavy (non-hydrogen) atoms. The Bertz CT molecular complexity index is 710. The van der Waals surface area contributed by atoms with Crippen molar-refractivity contribution in [3.8, 4) is 0 Å². The number of hydrogen-bond acceptors (Lipinski definition) is 6. The van der Waals surface area contributed by atoms with Gasteiger partial charge in [0.2, 0.25) is 5.91 Å². The SMILES string of the molecule is Cc1nonc1Cn1ncc(C(N)=O)c1NC(=O)C(C)(C)C. The van der Waals surface area contributed by atoms with Gasteiger partial charge in [0.25, 0.3) is 5.91 Å². The highest BCUT2D eigenvalue weighted by Crippen LogP contribution is 2.21. The average Bonchev–Trinajstić information content (AvgIpc) is 2.97. The minimum Gasteiger partial charge on any atom is -0.365 e. The first kappa shape index (κ1) is 15.7. The predicted octanol–water partition coefficient (Wildman–Crippen LogP) is 0.706. The molecular formula is C13H18N6O3. The summed E-state index contributed by atoms with van der Waals surface area (Å²) in [7, 11) is 0. The molecule has 0 aliphatic rings. The normalized spacial score (nSPS) is 11.5. The van der Waals surface area contributed by atoms with Gasteiger partial charge in [-0.3, -0.25) is 9.59 Å². The van der Waals surface area contributed by atoms with Gasteiger partial charge in [-0.1, -0.05) is 31.1 Å². The van der Waals surface area contributed by atoms with Crippen LogP contribution < -0.4 is 11.1 Å². The van der Waals surface area contributed by atoms with Gasteiger partial charge in [0.05, 0.1) is 12.7 Å². The van der Waals surface area contributed by atoms with Crippen LogP contribution in [0.1, 0.15) is 42.5 Å². The Morgan fingerprint density at radius 1 is 1.36 bits per heavy atom. The molecular weight excluding hydrogens is 288 g/mol. The van der Waals surface area contributed by atoms with Crippen molar-refractivity contribution in [2.75, 3.05) is 5.32 Å². The first-order valence-electron chi connectivity index (χ1n) is 6.65. The van der Waals surface area contributed by atoms with Crippen LogP contribution in [-0.2, 0) is 11.3 Å². The number of primary amides is 1. The molecule has 2 aromatic rings. The smallest absolute Gasteiger partial charge is 0.254 e. The molecule has 2 amide bonds. The lowest BCUT2D eigenvalue weighted by molar-refractivity contribution is -0.123. The van der Waals surface area contributed by atoms with Crippen molar-refractivity contribution in [2.24, 2.45) is 11.1 Å². The molecule has 9 nitrogen and oxygen atoms in total. The van der Waals surface area contributed by atoms with E-state index in [0.717, 1.165) is 0 Å². The minimum absolute atomic E-state index is 0.131. The van der Waals surface area contributed by atoms with E-state index in [1.807, 2.05) is 0 Å². The van der Waals surface area contributed by atoms with E-state index < -0.39 is 11.3 Å². The molecule has 2 rings (SSSR count). The van der Waals surface area contributed by atoms with Crippen molar-refractivity contribution < 1.29 is 14.2 Å². The molecule has 0 bridgehead atoms. The third kappa shape index (κ3) is 3.13. The fraction of sp³-hybridized carbons (Fsp3) is 0.462. The molecule has 0 saturated heterocycles. The van der Waals surface area contributed by atoms with E-state index in [2.05, 4.69) is 25.4 Å². The maximum absolute atomic E-state index is 12.2. The van der Waals surface area contributed by atoms with Crippen molar-refractivity contribution in [1.29, 1.82) is 0 Å². The van der Waals surface area contributed by atoms with Crippen molar-refractivity contribution in [1.82, 2.24) is 20.1 Å². The highest BCUT2D eigenvalue weighted by atomic mass is 16.6. The van der Waals surface area contributed by atoms with Gasteiger partial charge in [-0.2, -0.15) is 5.10 Å². The quantitative estimate of drug-likeness (QED) is 0.855. The first-order valence-corrected chi connectivity index (χ1v) is 6.65. The zero-order chi connectivity index (χ0) is 16.5. The number of nitrogens with zero attached hydrogens (tertiary/aromatic N) is 4. The fourth-order valence-electron chi connectivity index (χ4n) is 1.65. The molecule has 0 spiro atoms. The number of nitrogens with two attached hydrogens (primary N) is 1. The molecule has 0 aliphatic carbocycles. The average molecular weight is 306 g/mol. The van der Waals surface area contributed by atoms with E-state index in [4.69, 9.17) is 5.73 Å². The second-order valence-electron chi connectivity index (χ2n) is 5.93. The number of rotatable bonds is 4. The second-order valence-corrected chi connectivity index (χ2v) is 5.93. The Morgan fingerprint density at radius 2 is 2.05 bits per heavy atom. The molecule has 118 valence electrons. The molecule has 2 aromatic heterocycles. The van der Waals surface area contributed by atoms with E-state index in [9.17, 15) is 9.59 Å². The van der Waals surface area contributed by atoms with Crippen molar-refractivity contribution in [2.45, 2.75) is 34.2 Å². The summed E-state index contributed by atoms with van der Waals surface area (Å²) in [5.74, 6) is -0.702. The fourth-order valence-corrected chi connectivity index (χ4v) is 1.65. The van der Waals surface area contributed by atoms with Crippen LogP contribution in [0.2, 0.25) is 0 Å². The van der Waals surface area contributed by atoms with Crippen LogP contribution in [0.4, 0.5) is 5.82 Å². The molecule has 0 unspecified atom stereocenters. The van der Waals surface area contributed by atoms with Gasteiger partial charge in [-0.05, 0) is 6.92 Å². The standard InChI is InChI=1S/C13H18N6O3/c1-7-9(18-22-17-7)6-19-11(8(5-15-19)10(14)20)16-12(21)13(2,3)4/h5H,6H2,1-4H3,(H2,14,20)(H,16,21). The molecule has 0 aromatic carbocycles. The number of hydrogen-bond donors (Lipinski definition) is 2. The van der Waals surface area contributed by atoms with E-state index in [-0.39, 0.29) is 23.8 Å². The van der Waals surface area contributed by atoms with Gasteiger partial charge in [-0.25, -0.2) is 9.31 Å². The summed E-state index contributed by atoms with van der Waals surface area (Å²) in [5, 5.41) is 14.2. The molecule has 0 saturated carbocycles. The Morgan fingerprint density at radius 3 is 2.55 bits per heavy atom. The van der Waals surface area contributed by atoms with Crippen LogP contribution in [-0.4, -0.2) is 31.9 Å². The van der Waals surface area contributed by atoms with Gasteiger partial charge in [0.15, 0.2) is 0 Å². The summed E-state index contributed by atoms with van der Waals surface area (Å²) in [4.78, 5) is 23.7. The second kappa shape index (κ2) is 5.58.